The molecule has 0 radical (unpaired) electrons. The van der Waals surface area contributed by atoms with Crippen molar-refractivity contribution in [3.63, 3.8) is 0 Å². The quantitative estimate of drug-likeness (QED) is 0.551. The van der Waals surface area contributed by atoms with E-state index in [1.165, 1.54) is 12.1 Å². The van der Waals surface area contributed by atoms with Crippen molar-refractivity contribution >= 4 is 17.3 Å². The van der Waals surface area contributed by atoms with E-state index in [2.05, 4.69) is 0 Å². The summed E-state index contributed by atoms with van der Waals surface area (Å²) in [5, 5.41) is 0. The average molecular weight is 232 g/mol. The Labute approximate surface area is 94.6 Å². The van der Waals surface area contributed by atoms with Crippen molar-refractivity contribution in [2.75, 3.05) is 37.6 Å². The summed E-state index contributed by atoms with van der Waals surface area (Å²) in [4.78, 5) is 2.01. The lowest BCUT2D eigenvalue weighted by Gasteiger charge is -2.18. The lowest BCUT2D eigenvalue weighted by atomic mass is 10.3. The third kappa shape index (κ3) is 4.49. The molecule has 0 spiro atoms. The molecule has 84 valence electrons. The molecule has 4 heteroatoms. The van der Waals surface area contributed by atoms with E-state index < -0.39 is 0 Å². The molecule has 0 fully saturated rings. The van der Waals surface area contributed by atoms with Crippen LogP contribution in [0.4, 0.5) is 10.1 Å². The third-order valence-corrected chi connectivity index (χ3v) is 2.21. The highest BCUT2D eigenvalue weighted by Crippen LogP contribution is 2.12. The van der Waals surface area contributed by atoms with Crippen LogP contribution in [0.15, 0.2) is 24.3 Å². The lowest BCUT2D eigenvalue weighted by molar-refractivity contribution is 0.156. The highest BCUT2D eigenvalue weighted by Gasteiger charge is 2.00. The summed E-state index contributed by atoms with van der Waals surface area (Å²) >= 11 is 5.47. The number of ether oxygens (including phenoxy) is 1. The van der Waals surface area contributed by atoms with E-state index in [-0.39, 0.29) is 5.82 Å². The largest absolute Gasteiger partial charge is 0.378 e. The molecule has 0 amide bonds. The SMILES string of the molecule is CN(CCOCCCl)c1ccc(F)cc1. The van der Waals surface area contributed by atoms with Crippen LogP contribution in [0.1, 0.15) is 0 Å². The molecule has 0 aliphatic heterocycles. The summed E-state index contributed by atoms with van der Waals surface area (Å²) in [6, 6.07) is 6.39. The number of nitrogens with zero attached hydrogens (tertiary/aromatic N) is 1. The van der Waals surface area contributed by atoms with Gasteiger partial charge in [0, 0.05) is 25.2 Å². The van der Waals surface area contributed by atoms with Crippen molar-refractivity contribution in [2.45, 2.75) is 0 Å². The molecule has 2 nitrogen and oxygen atoms in total. The highest BCUT2D eigenvalue weighted by atomic mass is 35.5. The first-order valence-electron chi connectivity index (χ1n) is 4.84. The maximum Gasteiger partial charge on any atom is 0.123 e. The number of hydrogen-bond donors (Lipinski definition) is 0. The van der Waals surface area contributed by atoms with Gasteiger partial charge in [-0.2, -0.15) is 0 Å². The van der Waals surface area contributed by atoms with Gasteiger partial charge < -0.3 is 9.64 Å². The summed E-state index contributed by atoms with van der Waals surface area (Å²) in [5.74, 6) is 0.297. The number of anilines is 1. The zero-order valence-corrected chi connectivity index (χ0v) is 9.51. The Hall–Kier alpha value is -0.800. The van der Waals surface area contributed by atoms with Gasteiger partial charge in [-0.1, -0.05) is 0 Å². The molecule has 15 heavy (non-hydrogen) atoms. The van der Waals surface area contributed by atoms with Crippen LogP contribution < -0.4 is 4.90 Å². The molecule has 0 bridgehead atoms. The van der Waals surface area contributed by atoms with Gasteiger partial charge >= 0.3 is 0 Å². The van der Waals surface area contributed by atoms with Crippen LogP contribution in [-0.4, -0.2) is 32.7 Å². The molecule has 0 heterocycles. The summed E-state index contributed by atoms with van der Waals surface area (Å²) in [6.45, 7) is 1.96. The summed E-state index contributed by atoms with van der Waals surface area (Å²) < 4.78 is 17.9. The fourth-order valence-electron chi connectivity index (χ4n) is 1.18. The molecular weight excluding hydrogens is 217 g/mol. The monoisotopic (exact) mass is 231 g/mol. The Morgan fingerprint density at radius 2 is 1.93 bits per heavy atom. The molecule has 0 aromatic heterocycles. The van der Waals surface area contributed by atoms with E-state index in [0.717, 1.165) is 12.2 Å². The fourth-order valence-corrected chi connectivity index (χ4v) is 1.29. The topological polar surface area (TPSA) is 12.5 Å². The lowest BCUT2D eigenvalue weighted by Crippen LogP contribution is -2.22. The number of benzene rings is 1. The zero-order valence-electron chi connectivity index (χ0n) is 8.75. The number of hydrogen-bond acceptors (Lipinski definition) is 2. The first kappa shape index (κ1) is 12.3. The van der Waals surface area contributed by atoms with Crippen LogP contribution in [0.3, 0.4) is 0 Å². The zero-order chi connectivity index (χ0) is 11.1. The van der Waals surface area contributed by atoms with Crippen molar-refractivity contribution in [2.24, 2.45) is 0 Å². The van der Waals surface area contributed by atoms with Crippen LogP contribution >= 0.6 is 11.6 Å². The molecule has 1 aromatic rings. The Morgan fingerprint density at radius 1 is 1.27 bits per heavy atom. The van der Waals surface area contributed by atoms with Gasteiger partial charge in [-0.3, -0.25) is 0 Å². The van der Waals surface area contributed by atoms with Crippen molar-refractivity contribution < 1.29 is 9.13 Å². The minimum absolute atomic E-state index is 0.217. The van der Waals surface area contributed by atoms with Crippen LogP contribution in [0, 0.1) is 5.82 Å². The predicted molar refractivity (Wildman–Crippen MR) is 61.2 cm³/mol. The van der Waals surface area contributed by atoms with Gasteiger partial charge in [0.15, 0.2) is 0 Å². The van der Waals surface area contributed by atoms with E-state index in [4.69, 9.17) is 16.3 Å². The first-order valence-corrected chi connectivity index (χ1v) is 5.38. The second kappa shape index (κ2) is 6.64. The van der Waals surface area contributed by atoms with Crippen LogP contribution in [0.2, 0.25) is 0 Å². The maximum atomic E-state index is 12.6. The Kier molecular flexibility index (Phi) is 5.43. The second-order valence-electron chi connectivity index (χ2n) is 3.20. The molecule has 0 aliphatic carbocycles. The standard InChI is InChI=1S/C11H15ClFNO/c1-14(7-9-15-8-6-12)11-4-2-10(13)3-5-11/h2-5H,6-9H2,1H3. The van der Waals surface area contributed by atoms with Gasteiger partial charge in [0.2, 0.25) is 0 Å². The molecule has 0 saturated heterocycles. The summed E-state index contributed by atoms with van der Waals surface area (Å²) in [6.07, 6.45) is 0. The molecule has 0 aliphatic rings. The average Bonchev–Trinajstić information content (AvgIpc) is 2.25. The van der Waals surface area contributed by atoms with Crippen molar-refractivity contribution in [3.05, 3.63) is 30.1 Å². The Morgan fingerprint density at radius 3 is 2.53 bits per heavy atom. The van der Waals surface area contributed by atoms with Crippen molar-refractivity contribution in [3.8, 4) is 0 Å². The summed E-state index contributed by atoms with van der Waals surface area (Å²) in [5.41, 5.74) is 0.978. The van der Waals surface area contributed by atoms with Crippen LogP contribution in [-0.2, 0) is 4.74 Å². The normalized spacial score (nSPS) is 10.3. The number of halogens is 2. The minimum Gasteiger partial charge on any atom is -0.378 e. The Bertz CT molecular complexity index is 278. The van der Waals surface area contributed by atoms with Gasteiger partial charge in [0.1, 0.15) is 5.82 Å². The van der Waals surface area contributed by atoms with Gasteiger partial charge in [0.05, 0.1) is 13.2 Å². The molecule has 1 rings (SSSR count). The van der Waals surface area contributed by atoms with Gasteiger partial charge in [-0.05, 0) is 24.3 Å². The van der Waals surface area contributed by atoms with Crippen molar-refractivity contribution in [1.82, 2.24) is 0 Å². The number of alkyl halides is 1. The molecular formula is C11H15ClFNO. The van der Waals surface area contributed by atoms with Crippen LogP contribution in [0.5, 0.6) is 0 Å². The first-order chi connectivity index (χ1) is 7.24. The van der Waals surface area contributed by atoms with Crippen molar-refractivity contribution in [1.29, 1.82) is 0 Å². The maximum absolute atomic E-state index is 12.6. The smallest absolute Gasteiger partial charge is 0.123 e. The van der Waals surface area contributed by atoms with E-state index >= 15 is 0 Å². The van der Waals surface area contributed by atoms with Gasteiger partial charge in [-0.15, -0.1) is 11.6 Å². The van der Waals surface area contributed by atoms with E-state index in [1.54, 1.807) is 12.1 Å². The summed E-state index contributed by atoms with van der Waals surface area (Å²) in [7, 11) is 1.94. The molecule has 1 aromatic carbocycles. The molecule has 0 unspecified atom stereocenters. The Balaban J connectivity index is 2.33. The predicted octanol–water partition coefficient (Wildman–Crippen LogP) is 2.52. The van der Waals surface area contributed by atoms with E-state index in [9.17, 15) is 4.39 Å². The molecule has 0 saturated carbocycles. The highest BCUT2D eigenvalue weighted by molar-refractivity contribution is 6.17. The molecule has 0 N–H and O–H groups in total. The van der Waals surface area contributed by atoms with E-state index in [1.807, 2.05) is 11.9 Å². The van der Waals surface area contributed by atoms with Crippen LogP contribution in [0.25, 0.3) is 0 Å². The van der Waals surface area contributed by atoms with Gasteiger partial charge in [0.25, 0.3) is 0 Å². The fraction of sp³-hybridized carbons (Fsp3) is 0.455. The number of rotatable bonds is 6. The second-order valence-corrected chi connectivity index (χ2v) is 3.58. The minimum atomic E-state index is -0.217. The van der Waals surface area contributed by atoms with E-state index in [0.29, 0.717) is 19.1 Å². The third-order valence-electron chi connectivity index (χ3n) is 2.06. The van der Waals surface area contributed by atoms with Gasteiger partial charge in [-0.25, -0.2) is 4.39 Å². The molecule has 0 atom stereocenters. The number of likely N-dealkylation sites (N-methyl/N-ethyl adjacent to an activating group) is 1.